The second kappa shape index (κ2) is 4.64. The normalized spacial score (nSPS) is 18.5. The van der Waals surface area contributed by atoms with E-state index in [1.54, 1.807) is 0 Å². The third-order valence-electron chi connectivity index (χ3n) is 3.07. The zero-order valence-electron chi connectivity index (χ0n) is 8.71. The fourth-order valence-electron chi connectivity index (χ4n) is 2.05. The van der Waals surface area contributed by atoms with E-state index >= 15 is 0 Å². The Balaban J connectivity index is 2.14. The van der Waals surface area contributed by atoms with Crippen molar-refractivity contribution in [1.82, 2.24) is 0 Å². The first kappa shape index (κ1) is 11.1. The summed E-state index contributed by atoms with van der Waals surface area (Å²) in [4.78, 5) is 0. The Bertz CT molecular complexity index is 319. The van der Waals surface area contributed by atoms with Crippen molar-refractivity contribution in [3.05, 3.63) is 34.3 Å². The number of hydrogen-bond donors (Lipinski definition) is 1. The summed E-state index contributed by atoms with van der Waals surface area (Å²) in [5, 5.41) is 0. The molecule has 0 aliphatic carbocycles. The molecule has 2 rings (SSSR count). The minimum atomic E-state index is 0.236. The summed E-state index contributed by atoms with van der Waals surface area (Å²) in [5.41, 5.74) is 7.18. The van der Waals surface area contributed by atoms with Gasteiger partial charge in [-0.25, -0.2) is 0 Å². The van der Waals surface area contributed by atoms with E-state index in [2.05, 4.69) is 40.2 Å². The van der Waals surface area contributed by atoms with E-state index < -0.39 is 0 Å². The van der Waals surface area contributed by atoms with Crippen molar-refractivity contribution in [1.29, 1.82) is 0 Å². The van der Waals surface area contributed by atoms with Crippen LogP contribution in [0.2, 0.25) is 0 Å². The average molecular weight is 270 g/mol. The molecular weight excluding hydrogens is 254 g/mol. The third-order valence-corrected chi connectivity index (χ3v) is 3.60. The van der Waals surface area contributed by atoms with Crippen molar-refractivity contribution in [3.8, 4) is 0 Å². The molecule has 1 fully saturated rings. The second-order valence-corrected chi connectivity index (χ2v) is 5.09. The molecule has 0 saturated carbocycles. The average Bonchev–Trinajstić information content (AvgIpc) is 2.19. The second-order valence-electron chi connectivity index (χ2n) is 4.17. The quantitative estimate of drug-likeness (QED) is 0.912. The fourth-order valence-corrected chi connectivity index (χ4v) is 2.31. The Hall–Kier alpha value is -0.380. The van der Waals surface area contributed by atoms with E-state index in [0.717, 1.165) is 37.1 Å². The largest absolute Gasteiger partial charge is 0.379 e. The highest BCUT2D eigenvalue weighted by Crippen LogP contribution is 2.37. The summed E-state index contributed by atoms with van der Waals surface area (Å²) in [7, 11) is 0. The Labute approximate surface area is 98.9 Å². The third kappa shape index (κ3) is 2.25. The summed E-state index contributed by atoms with van der Waals surface area (Å²) in [6, 6.07) is 8.56. The van der Waals surface area contributed by atoms with E-state index in [0.29, 0.717) is 0 Å². The molecule has 1 aromatic carbocycles. The van der Waals surface area contributed by atoms with Gasteiger partial charge < -0.3 is 10.5 Å². The number of halogens is 1. The first-order valence-corrected chi connectivity index (χ1v) is 6.10. The molecule has 1 aromatic rings. The lowest BCUT2D eigenvalue weighted by Gasteiger charge is -2.42. The summed E-state index contributed by atoms with van der Waals surface area (Å²) < 4.78 is 6.49. The van der Waals surface area contributed by atoms with Crippen LogP contribution in [-0.4, -0.2) is 19.8 Å². The Kier molecular flexibility index (Phi) is 3.44. The van der Waals surface area contributed by atoms with Gasteiger partial charge in [0, 0.05) is 9.89 Å². The maximum Gasteiger partial charge on any atom is 0.0585 e. The van der Waals surface area contributed by atoms with Crippen molar-refractivity contribution in [3.63, 3.8) is 0 Å². The van der Waals surface area contributed by atoms with Crippen LogP contribution in [0.1, 0.15) is 18.4 Å². The van der Waals surface area contributed by atoms with E-state index in [-0.39, 0.29) is 5.41 Å². The van der Waals surface area contributed by atoms with Gasteiger partial charge in [-0.2, -0.15) is 0 Å². The predicted molar refractivity (Wildman–Crippen MR) is 64.9 cm³/mol. The number of ether oxygens (including phenoxy) is 1. The molecule has 82 valence electrons. The van der Waals surface area contributed by atoms with E-state index in [4.69, 9.17) is 10.5 Å². The summed E-state index contributed by atoms with van der Waals surface area (Å²) >= 11 is 3.45. The lowest BCUT2D eigenvalue weighted by atomic mass is 9.75. The van der Waals surface area contributed by atoms with Gasteiger partial charge in [0.05, 0.1) is 13.2 Å². The number of rotatable bonds is 4. The molecule has 0 radical (unpaired) electrons. The zero-order chi connectivity index (χ0) is 10.7. The van der Waals surface area contributed by atoms with Gasteiger partial charge in [0.25, 0.3) is 0 Å². The molecule has 2 N–H and O–H groups in total. The zero-order valence-corrected chi connectivity index (χ0v) is 10.3. The topological polar surface area (TPSA) is 35.2 Å². The number of nitrogens with two attached hydrogens (primary N) is 1. The Morgan fingerprint density at radius 1 is 1.27 bits per heavy atom. The van der Waals surface area contributed by atoms with Gasteiger partial charge in [-0.3, -0.25) is 0 Å². The van der Waals surface area contributed by atoms with Crippen molar-refractivity contribution in [2.24, 2.45) is 5.73 Å². The van der Waals surface area contributed by atoms with Crippen LogP contribution in [0.4, 0.5) is 0 Å². The van der Waals surface area contributed by atoms with Gasteiger partial charge in [0.15, 0.2) is 0 Å². The molecule has 0 spiro atoms. The van der Waals surface area contributed by atoms with Gasteiger partial charge in [-0.1, -0.05) is 28.1 Å². The molecule has 1 aliphatic heterocycles. The highest BCUT2D eigenvalue weighted by Gasteiger charge is 2.39. The van der Waals surface area contributed by atoms with Crippen LogP contribution in [0.15, 0.2) is 28.7 Å². The Morgan fingerprint density at radius 2 is 1.93 bits per heavy atom. The molecule has 0 bridgehead atoms. The van der Waals surface area contributed by atoms with Crippen molar-refractivity contribution < 1.29 is 4.74 Å². The molecule has 0 unspecified atom stereocenters. The molecule has 3 heteroatoms. The first-order chi connectivity index (χ1) is 7.27. The van der Waals surface area contributed by atoms with Gasteiger partial charge in [-0.05, 0) is 37.1 Å². The van der Waals surface area contributed by atoms with Gasteiger partial charge in [0.1, 0.15) is 0 Å². The predicted octanol–water partition coefficient (Wildman–Crippen LogP) is 2.46. The first-order valence-electron chi connectivity index (χ1n) is 5.31. The minimum absolute atomic E-state index is 0.236. The lowest BCUT2D eigenvalue weighted by molar-refractivity contribution is -0.0649. The summed E-state index contributed by atoms with van der Waals surface area (Å²) in [6.45, 7) is 2.45. The van der Waals surface area contributed by atoms with Crippen molar-refractivity contribution in [2.45, 2.75) is 18.3 Å². The molecule has 0 amide bonds. The molecule has 0 atom stereocenters. The monoisotopic (exact) mass is 269 g/mol. The van der Waals surface area contributed by atoms with Crippen LogP contribution in [0.3, 0.4) is 0 Å². The molecule has 1 heterocycles. The lowest BCUT2D eigenvalue weighted by Crippen LogP contribution is -2.46. The summed E-state index contributed by atoms with van der Waals surface area (Å²) in [6.07, 6.45) is 2.20. The molecule has 1 aliphatic rings. The van der Waals surface area contributed by atoms with Crippen LogP contribution in [0.5, 0.6) is 0 Å². The maximum absolute atomic E-state index is 5.57. The SMILES string of the molecule is NCCCC1(c2ccc(Br)cc2)COC1. The smallest absolute Gasteiger partial charge is 0.0585 e. The number of benzene rings is 1. The number of hydrogen-bond acceptors (Lipinski definition) is 2. The van der Waals surface area contributed by atoms with Gasteiger partial charge >= 0.3 is 0 Å². The van der Waals surface area contributed by atoms with Crippen LogP contribution in [0.25, 0.3) is 0 Å². The highest BCUT2D eigenvalue weighted by atomic mass is 79.9. The van der Waals surface area contributed by atoms with E-state index in [1.807, 2.05) is 0 Å². The maximum atomic E-state index is 5.57. The van der Waals surface area contributed by atoms with Crippen LogP contribution >= 0.6 is 15.9 Å². The van der Waals surface area contributed by atoms with E-state index in [1.165, 1.54) is 5.56 Å². The molecule has 2 nitrogen and oxygen atoms in total. The molecule has 15 heavy (non-hydrogen) atoms. The van der Waals surface area contributed by atoms with Crippen LogP contribution in [-0.2, 0) is 10.2 Å². The highest BCUT2D eigenvalue weighted by molar-refractivity contribution is 9.10. The van der Waals surface area contributed by atoms with Gasteiger partial charge in [0.2, 0.25) is 0 Å². The Morgan fingerprint density at radius 3 is 2.40 bits per heavy atom. The standard InChI is InChI=1S/C12H16BrNO/c13-11-4-2-10(3-5-11)12(6-1-7-14)8-15-9-12/h2-5H,1,6-9,14H2. The van der Waals surface area contributed by atoms with Crippen molar-refractivity contribution >= 4 is 15.9 Å². The van der Waals surface area contributed by atoms with Crippen molar-refractivity contribution in [2.75, 3.05) is 19.8 Å². The van der Waals surface area contributed by atoms with Gasteiger partial charge in [-0.15, -0.1) is 0 Å². The fraction of sp³-hybridized carbons (Fsp3) is 0.500. The summed E-state index contributed by atoms with van der Waals surface area (Å²) in [5.74, 6) is 0. The molecular formula is C12H16BrNO. The van der Waals surface area contributed by atoms with Crippen LogP contribution in [0, 0.1) is 0 Å². The minimum Gasteiger partial charge on any atom is -0.379 e. The van der Waals surface area contributed by atoms with E-state index in [9.17, 15) is 0 Å². The van der Waals surface area contributed by atoms with Crippen LogP contribution < -0.4 is 5.73 Å². The molecule has 1 saturated heterocycles. The molecule has 0 aromatic heterocycles.